The third-order valence-corrected chi connectivity index (χ3v) is 5.16. The molecule has 0 N–H and O–H groups in total. The summed E-state index contributed by atoms with van der Waals surface area (Å²) < 4.78 is 45.8. The summed E-state index contributed by atoms with van der Waals surface area (Å²) >= 11 is 6.74. The lowest BCUT2D eigenvalue weighted by Crippen LogP contribution is -2.07. The van der Waals surface area contributed by atoms with E-state index in [2.05, 4.69) is 4.98 Å². The average Bonchev–Trinajstić information content (AvgIpc) is 3.01. The standard InChI is InChI=1S/C19H15ClF3NOS/c1-11(2)13-5-3-4-6-16(13)26-17-8-7-12(9-14(17)19(21,22)23)15-10-25-18(20)24-15/h3-11H,1-2H3. The van der Waals surface area contributed by atoms with Crippen molar-refractivity contribution >= 4 is 23.4 Å². The molecule has 26 heavy (non-hydrogen) atoms. The van der Waals surface area contributed by atoms with Gasteiger partial charge in [0.25, 0.3) is 5.35 Å². The van der Waals surface area contributed by atoms with E-state index in [1.807, 2.05) is 38.1 Å². The van der Waals surface area contributed by atoms with E-state index in [9.17, 15) is 13.2 Å². The van der Waals surface area contributed by atoms with Crippen molar-refractivity contribution in [2.24, 2.45) is 0 Å². The second-order valence-corrected chi connectivity index (χ2v) is 7.40. The first-order chi connectivity index (χ1) is 12.3. The summed E-state index contributed by atoms with van der Waals surface area (Å²) in [5.74, 6) is 0.213. The Kier molecular flexibility index (Phi) is 5.34. The highest BCUT2D eigenvalue weighted by atomic mass is 35.5. The third kappa shape index (κ3) is 4.07. The molecule has 3 rings (SSSR count). The summed E-state index contributed by atoms with van der Waals surface area (Å²) in [4.78, 5) is 4.83. The van der Waals surface area contributed by atoms with Crippen LogP contribution in [0.15, 0.2) is 62.9 Å². The van der Waals surface area contributed by atoms with Crippen LogP contribution < -0.4 is 0 Å². The van der Waals surface area contributed by atoms with E-state index < -0.39 is 11.7 Å². The van der Waals surface area contributed by atoms with Gasteiger partial charge in [-0.05, 0) is 41.3 Å². The maximum atomic E-state index is 13.6. The molecule has 0 amide bonds. The van der Waals surface area contributed by atoms with Crippen LogP contribution in [0.2, 0.25) is 5.35 Å². The van der Waals surface area contributed by atoms with Crippen LogP contribution in [0.25, 0.3) is 11.3 Å². The van der Waals surface area contributed by atoms with E-state index in [4.69, 9.17) is 16.0 Å². The van der Waals surface area contributed by atoms with Gasteiger partial charge in [-0.1, -0.05) is 49.9 Å². The Morgan fingerprint density at radius 2 is 1.81 bits per heavy atom. The van der Waals surface area contributed by atoms with Crippen molar-refractivity contribution < 1.29 is 17.6 Å². The smallest absolute Gasteiger partial charge is 0.417 e. The minimum absolute atomic E-state index is 0.113. The first kappa shape index (κ1) is 18.9. The summed E-state index contributed by atoms with van der Waals surface area (Å²) in [7, 11) is 0. The number of hydrogen-bond acceptors (Lipinski definition) is 3. The fourth-order valence-electron chi connectivity index (χ4n) is 2.55. The number of oxazole rings is 1. The Bertz CT molecular complexity index is 921. The molecule has 0 spiro atoms. The van der Waals surface area contributed by atoms with Gasteiger partial charge in [0.15, 0.2) is 0 Å². The molecule has 0 saturated heterocycles. The first-order valence-corrected chi connectivity index (χ1v) is 9.04. The normalized spacial score (nSPS) is 12.0. The molecular weight excluding hydrogens is 383 g/mol. The molecule has 0 aliphatic heterocycles. The fourth-order valence-corrected chi connectivity index (χ4v) is 3.91. The molecule has 1 aromatic heterocycles. The Labute approximate surface area is 158 Å². The summed E-state index contributed by atoms with van der Waals surface area (Å²) in [5, 5.41) is -0.113. The monoisotopic (exact) mass is 397 g/mol. The number of rotatable bonds is 4. The number of aromatic nitrogens is 1. The minimum atomic E-state index is -4.49. The Morgan fingerprint density at radius 1 is 1.08 bits per heavy atom. The van der Waals surface area contributed by atoms with Crippen molar-refractivity contribution in [1.82, 2.24) is 4.98 Å². The van der Waals surface area contributed by atoms with Gasteiger partial charge < -0.3 is 4.42 Å². The summed E-state index contributed by atoms with van der Waals surface area (Å²) in [6.45, 7) is 4.03. The summed E-state index contributed by atoms with van der Waals surface area (Å²) in [5.41, 5.74) is 0.866. The van der Waals surface area contributed by atoms with Crippen LogP contribution in [-0.2, 0) is 6.18 Å². The van der Waals surface area contributed by atoms with E-state index >= 15 is 0 Å². The zero-order valence-electron chi connectivity index (χ0n) is 14.0. The Morgan fingerprint density at radius 3 is 2.42 bits per heavy atom. The van der Waals surface area contributed by atoms with Gasteiger partial charge >= 0.3 is 6.18 Å². The van der Waals surface area contributed by atoms with Crippen molar-refractivity contribution in [2.45, 2.75) is 35.7 Å². The van der Waals surface area contributed by atoms with Crippen LogP contribution in [0.4, 0.5) is 13.2 Å². The molecule has 136 valence electrons. The van der Waals surface area contributed by atoms with Gasteiger partial charge in [0, 0.05) is 15.4 Å². The van der Waals surface area contributed by atoms with Gasteiger partial charge in [-0.2, -0.15) is 18.2 Å². The molecule has 0 saturated carbocycles. The topological polar surface area (TPSA) is 26.0 Å². The van der Waals surface area contributed by atoms with Crippen LogP contribution >= 0.6 is 23.4 Å². The van der Waals surface area contributed by atoms with Gasteiger partial charge in [0.1, 0.15) is 12.0 Å². The SMILES string of the molecule is CC(C)c1ccccc1Sc1ccc(-c2coc(Cl)n2)cc1C(F)(F)F. The fraction of sp³-hybridized carbons (Fsp3) is 0.211. The van der Waals surface area contributed by atoms with Crippen LogP contribution in [0.1, 0.15) is 30.9 Å². The molecule has 0 atom stereocenters. The second-order valence-electron chi connectivity index (χ2n) is 5.99. The summed E-state index contributed by atoms with van der Waals surface area (Å²) in [6.07, 6.45) is -3.25. The van der Waals surface area contributed by atoms with E-state index in [0.29, 0.717) is 5.56 Å². The van der Waals surface area contributed by atoms with Crippen molar-refractivity contribution in [3.05, 3.63) is 65.2 Å². The van der Waals surface area contributed by atoms with Crippen molar-refractivity contribution in [2.75, 3.05) is 0 Å². The van der Waals surface area contributed by atoms with Gasteiger partial charge in [-0.3, -0.25) is 0 Å². The number of nitrogens with zero attached hydrogens (tertiary/aromatic N) is 1. The molecule has 1 heterocycles. The predicted molar refractivity (Wildman–Crippen MR) is 96.6 cm³/mol. The number of benzene rings is 2. The third-order valence-electron chi connectivity index (χ3n) is 3.82. The van der Waals surface area contributed by atoms with Crippen molar-refractivity contribution in [1.29, 1.82) is 0 Å². The average molecular weight is 398 g/mol. The lowest BCUT2D eigenvalue weighted by Gasteiger charge is -2.16. The lowest BCUT2D eigenvalue weighted by molar-refractivity contribution is -0.139. The van der Waals surface area contributed by atoms with Crippen LogP contribution in [0.5, 0.6) is 0 Å². The van der Waals surface area contributed by atoms with Gasteiger partial charge in [0.05, 0.1) is 5.56 Å². The second kappa shape index (κ2) is 7.37. The predicted octanol–water partition coefficient (Wildman–Crippen LogP) is 7.29. The zero-order valence-corrected chi connectivity index (χ0v) is 15.5. The van der Waals surface area contributed by atoms with Crippen LogP contribution in [-0.4, -0.2) is 4.98 Å². The maximum Gasteiger partial charge on any atom is 0.417 e. The first-order valence-electron chi connectivity index (χ1n) is 7.85. The highest BCUT2D eigenvalue weighted by Crippen LogP contribution is 2.43. The molecule has 0 aliphatic carbocycles. The number of hydrogen-bond donors (Lipinski definition) is 0. The Balaban J connectivity index is 2.05. The van der Waals surface area contributed by atoms with Crippen LogP contribution in [0, 0.1) is 0 Å². The number of halogens is 4. The highest BCUT2D eigenvalue weighted by molar-refractivity contribution is 7.99. The number of alkyl halides is 3. The van der Waals surface area contributed by atoms with E-state index in [1.54, 1.807) is 6.07 Å². The molecule has 2 nitrogen and oxygen atoms in total. The molecule has 0 radical (unpaired) electrons. The zero-order chi connectivity index (χ0) is 18.9. The molecule has 0 aliphatic rings. The van der Waals surface area contributed by atoms with E-state index in [1.165, 1.54) is 12.3 Å². The Hall–Kier alpha value is -1.92. The van der Waals surface area contributed by atoms with E-state index in [-0.39, 0.29) is 21.9 Å². The quantitative estimate of drug-likeness (QED) is 0.462. The molecule has 0 unspecified atom stereocenters. The maximum absolute atomic E-state index is 13.6. The van der Waals surface area contributed by atoms with Gasteiger partial charge in [0.2, 0.25) is 0 Å². The van der Waals surface area contributed by atoms with Crippen LogP contribution in [0.3, 0.4) is 0 Å². The largest absolute Gasteiger partial charge is 0.436 e. The van der Waals surface area contributed by atoms with Gasteiger partial charge in [-0.15, -0.1) is 0 Å². The van der Waals surface area contributed by atoms with E-state index in [0.717, 1.165) is 28.3 Å². The molecule has 3 aromatic rings. The van der Waals surface area contributed by atoms with Crippen molar-refractivity contribution in [3.8, 4) is 11.3 Å². The molecule has 7 heteroatoms. The molecule has 0 bridgehead atoms. The lowest BCUT2D eigenvalue weighted by atomic mass is 10.0. The molecule has 2 aromatic carbocycles. The van der Waals surface area contributed by atoms with Crippen molar-refractivity contribution in [3.63, 3.8) is 0 Å². The molecule has 0 fully saturated rings. The minimum Gasteiger partial charge on any atom is -0.436 e. The molecular formula is C19H15ClF3NOS. The van der Waals surface area contributed by atoms with Gasteiger partial charge in [-0.25, -0.2) is 0 Å². The highest BCUT2D eigenvalue weighted by Gasteiger charge is 2.34. The summed E-state index contributed by atoms with van der Waals surface area (Å²) in [6, 6.07) is 11.6.